The second-order valence-corrected chi connectivity index (χ2v) is 6.01. The van der Waals surface area contributed by atoms with Gasteiger partial charge in [0.05, 0.1) is 5.60 Å². The number of hydrogen-bond acceptors (Lipinski definition) is 3. The number of aliphatic hydroxyl groups is 1. The number of carbonyl (C=O) groups excluding carboxylic acids is 1. The van der Waals surface area contributed by atoms with Crippen LogP contribution in [0.5, 0.6) is 0 Å². The van der Waals surface area contributed by atoms with Gasteiger partial charge in [0.2, 0.25) is 0 Å². The summed E-state index contributed by atoms with van der Waals surface area (Å²) < 4.78 is 0.765. The summed E-state index contributed by atoms with van der Waals surface area (Å²) in [5, 5.41) is 12.8. The molecule has 19 heavy (non-hydrogen) atoms. The maximum atomic E-state index is 12.1. The molecule has 1 amide bonds. The molecule has 0 fully saturated rings. The van der Waals surface area contributed by atoms with E-state index in [0.717, 1.165) is 16.5 Å². The number of anilines is 1. The van der Waals surface area contributed by atoms with Crippen molar-refractivity contribution in [3.8, 4) is 0 Å². The number of carbonyl (C=O) groups is 1. The zero-order valence-electron chi connectivity index (χ0n) is 11.6. The first kappa shape index (κ1) is 16.0. The predicted molar refractivity (Wildman–Crippen MR) is 81.2 cm³/mol. The highest BCUT2D eigenvalue weighted by Gasteiger charge is 2.21. The topological polar surface area (TPSA) is 75.3 Å². The maximum Gasteiger partial charge on any atom is 0.251 e. The molecule has 1 rings (SSSR count). The van der Waals surface area contributed by atoms with Crippen molar-refractivity contribution < 1.29 is 9.90 Å². The highest BCUT2D eigenvalue weighted by atomic mass is 79.9. The Morgan fingerprint density at radius 2 is 2.16 bits per heavy atom. The highest BCUT2D eigenvalue weighted by Crippen LogP contribution is 2.22. The Kier molecular flexibility index (Phi) is 5.38. The number of nitrogens with two attached hydrogens (primary N) is 1. The molecule has 5 heteroatoms. The number of benzene rings is 1. The Balaban J connectivity index is 2.80. The molecule has 1 unspecified atom stereocenters. The van der Waals surface area contributed by atoms with E-state index in [9.17, 15) is 9.90 Å². The largest absolute Gasteiger partial charge is 0.398 e. The van der Waals surface area contributed by atoms with Gasteiger partial charge in [-0.3, -0.25) is 4.79 Å². The summed E-state index contributed by atoms with van der Waals surface area (Å²) >= 11 is 3.32. The lowest BCUT2D eigenvalue weighted by Crippen LogP contribution is -2.40. The van der Waals surface area contributed by atoms with Crippen LogP contribution in [0.2, 0.25) is 0 Å². The number of rotatable bonds is 5. The van der Waals surface area contributed by atoms with Crippen molar-refractivity contribution >= 4 is 27.5 Å². The second-order valence-electron chi connectivity index (χ2n) is 5.10. The fourth-order valence-electron chi connectivity index (χ4n) is 1.93. The Bertz CT molecular complexity index is 473. The van der Waals surface area contributed by atoms with Gasteiger partial charge >= 0.3 is 0 Å². The van der Waals surface area contributed by atoms with Crippen molar-refractivity contribution in [3.05, 3.63) is 27.7 Å². The standard InChI is InChI=1S/C14H21BrN2O2/c1-4-5-14(3,19)8-17-13(18)11-6-10(15)7-12(16)9(11)2/h6-7,19H,4-5,8,16H2,1-3H3,(H,17,18). The van der Waals surface area contributed by atoms with E-state index in [2.05, 4.69) is 21.2 Å². The van der Waals surface area contributed by atoms with Crippen molar-refractivity contribution in [3.63, 3.8) is 0 Å². The zero-order valence-corrected chi connectivity index (χ0v) is 13.2. The van der Waals surface area contributed by atoms with Crippen LogP contribution in [-0.4, -0.2) is 23.2 Å². The minimum absolute atomic E-state index is 0.220. The predicted octanol–water partition coefficient (Wildman–Crippen LogP) is 2.62. The summed E-state index contributed by atoms with van der Waals surface area (Å²) in [7, 11) is 0. The summed E-state index contributed by atoms with van der Waals surface area (Å²) in [5.41, 5.74) is 6.79. The van der Waals surface area contributed by atoms with E-state index in [-0.39, 0.29) is 12.5 Å². The van der Waals surface area contributed by atoms with Crippen molar-refractivity contribution in [2.24, 2.45) is 0 Å². The van der Waals surface area contributed by atoms with Crippen LogP contribution in [0.4, 0.5) is 5.69 Å². The normalized spacial score (nSPS) is 13.9. The molecule has 0 saturated carbocycles. The summed E-state index contributed by atoms with van der Waals surface area (Å²) in [6, 6.07) is 3.49. The minimum Gasteiger partial charge on any atom is -0.398 e. The molecule has 0 aromatic heterocycles. The van der Waals surface area contributed by atoms with Crippen molar-refractivity contribution in [1.29, 1.82) is 0 Å². The number of nitrogen functional groups attached to an aromatic ring is 1. The molecule has 106 valence electrons. The van der Waals surface area contributed by atoms with E-state index in [1.807, 2.05) is 6.92 Å². The molecule has 0 radical (unpaired) electrons. The van der Waals surface area contributed by atoms with Crippen LogP contribution in [0.3, 0.4) is 0 Å². The van der Waals surface area contributed by atoms with Gasteiger partial charge in [0.1, 0.15) is 0 Å². The third-order valence-electron chi connectivity index (χ3n) is 3.08. The Hall–Kier alpha value is -1.07. The molecular formula is C14H21BrN2O2. The number of nitrogens with one attached hydrogen (secondary N) is 1. The van der Waals surface area contributed by atoms with Crippen molar-refractivity contribution in [2.45, 2.75) is 39.2 Å². The third kappa shape index (κ3) is 4.51. The second kappa shape index (κ2) is 6.39. The van der Waals surface area contributed by atoms with Gasteiger partial charge in [-0.1, -0.05) is 29.3 Å². The van der Waals surface area contributed by atoms with Gasteiger partial charge in [-0.25, -0.2) is 0 Å². The van der Waals surface area contributed by atoms with Crippen molar-refractivity contribution in [2.75, 3.05) is 12.3 Å². The first-order valence-electron chi connectivity index (χ1n) is 6.33. The van der Waals surface area contributed by atoms with Gasteiger partial charge in [-0.15, -0.1) is 0 Å². The van der Waals surface area contributed by atoms with Crippen LogP contribution in [0.15, 0.2) is 16.6 Å². The molecule has 0 bridgehead atoms. The van der Waals surface area contributed by atoms with Gasteiger partial charge in [-0.2, -0.15) is 0 Å². The number of amides is 1. The smallest absolute Gasteiger partial charge is 0.251 e. The molecule has 1 atom stereocenters. The monoisotopic (exact) mass is 328 g/mol. The van der Waals surface area contributed by atoms with Gasteiger partial charge in [0.25, 0.3) is 5.91 Å². The fraction of sp³-hybridized carbons (Fsp3) is 0.500. The van der Waals surface area contributed by atoms with Crippen LogP contribution in [0, 0.1) is 6.92 Å². The van der Waals surface area contributed by atoms with Crippen LogP contribution >= 0.6 is 15.9 Å². The number of halogens is 1. The lowest BCUT2D eigenvalue weighted by molar-refractivity contribution is 0.0469. The molecule has 4 nitrogen and oxygen atoms in total. The molecule has 1 aromatic rings. The Morgan fingerprint density at radius 1 is 1.53 bits per heavy atom. The molecule has 1 aromatic carbocycles. The zero-order chi connectivity index (χ0) is 14.6. The van der Waals surface area contributed by atoms with Crippen molar-refractivity contribution in [1.82, 2.24) is 5.32 Å². The van der Waals surface area contributed by atoms with Gasteiger partial charge < -0.3 is 16.2 Å². The summed E-state index contributed by atoms with van der Waals surface area (Å²) in [6.45, 7) is 5.75. The van der Waals surface area contributed by atoms with Crippen LogP contribution < -0.4 is 11.1 Å². The molecule has 0 spiro atoms. The van der Waals surface area contributed by atoms with Crippen LogP contribution in [0.25, 0.3) is 0 Å². The summed E-state index contributed by atoms with van der Waals surface area (Å²) in [6.07, 6.45) is 1.51. The fourth-order valence-corrected chi connectivity index (χ4v) is 2.40. The molecule has 0 aliphatic heterocycles. The quantitative estimate of drug-likeness (QED) is 0.727. The van der Waals surface area contributed by atoms with E-state index in [1.165, 1.54) is 0 Å². The van der Waals surface area contributed by atoms with E-state index < -0.39 is 5.60 Å². The molecule has 4 N–H and O–H groups in total. The van der Waals surface area contributed by atoms with E-state index >= 15 is 0 Å². The van der Waals surface area contributed by atoms with Gasteiger partial charge in [0, 0.05) is 22.3 Å². The van der Waals surface area contributed by atoms with Crippen LogP contribution in [0.1, 0.15) is 42.6 Å². The SMILES string of the molecule is CCCC(C)(O)CNC(=O)c1cc(Br)cc(N)c1C. The highest BCUT2D eigenvalue weighted by molar-refractivity contribution is 9.10. The molecule has 0 saturated heterocycles. The minimum atomic E-state index is -0.879. The summed E-state index contributed by atoms with van der Waals surface area (Å²) in [4.78, 5) is 12.1. The molecule has 0 aliphatic rings. The maximum absolute atomic E-state index is 12.1. The molecule has 0 heterocycles. The Labute approximate surface area is 122 Å². The van der Waals surface area contributed by atoms with E-state index in [4.69, 9.17) is 5.73 Å². The van der Waals surface area contributed by atoms with Crippen LogP contribution in [-0.2, 0) is 0 Å². The van der Waals surface area contributed by atoms with Gasteiger partial charge in [0.15, 0.2) is 0 Å². The summed E-state index contributed by atoms with van der Waals surface area (Å²) in [5.74, 6) is -0.220. The lowest BCUT2D eigenvalue weighted by Gasteiger charge is -2.23. The van der Waals surface area contributed by atoms with E-state index in [1.54, 1.807) is 26.0 Å². The third-order valence-corrected chi connectivity index (χ3v) is 3.53. The van der Waals surface area contributed by atoms with Gasteiger partial charge in [-0.05, 0) is 38.0 Å². The van der Waals surface area contributed by atoms with E-state index in [0.29, 0.717) is 17.7 Å². The first-order valence-corrected chi connectivity index (χ1v) is 7.12. The average Bonchev–Trinajstić information content (AvgIpc) is 2.31. The first-order chi connectivity index (χ1) is 8.76. The Morgan fingerprint density at radius 3 is 2.74 bits per heavy atom. The molecule has 0 aliphatic carbocycles. The number of hydrogen-bond donors (Lipinski definition) is 3. The lowest BCUT2D eigenvalue weighted by atomic mass is 10.0. The average molecular weight is 329 g/mol. The molecular weight excluding hydrogens is 308 g/mol.